The summed E-state index contributed by atoms with van der Waals surface area (Å²) in [4.78, 5) is 2.09. The van der Waals surface area contributed by atoms with Crippen LogP contribution in [-0.4, -0.2) is 29.2 Å². The summed E-state index contributed by atoms with van der Waals surface area (Å²) in [6.45, 7) is 0. The number of methoxy groups -OCH3 is 2. The van der Waals surface area contributed by atoms with Gasteiger partial charge in [-0.05, 0) is 42.5 Å². The molecule has 0 aliphatic rings. The number of nitrogens with zero attached hydrogens (tertiary/aromatic N) is 3. The zero-order valence-electron chi connectivity index (χ0n) is 15.9. The number of hydrogen-bond acceptors (Lipinski definition) is 5. The van der Waals surface area contributed by atoms with Gasteiger partial charge >= 0.3 is 0 Å². The van der Waals surface area contributed by atoms with Gasteiger partial charge in [0.1, 0.15) is 22.9 Å². The van der Waals surface area contributed by atoms with Crippen molar-refractivity contribution < 1.29 is 13.9 Å². The van der Waals surface area contributed by atoms with Gasteiger partial charge in [-0.3, -0.25) is 0 Å². The summed E-state index contributed by atoms with van der Waals surface area (Å²) in [5.41, 5.74) is 1.79. The van der Waals surface area contributed by atoms with Crippen molar-refractivity contribution in [3.63, 3.8) is 0 Å². The largest absolute Gasteiger partial charge is 0.497 e. The van der Waals surface area contributed by atoms with Crippen LogP contribution in [0.3, 0.4) is 0 Å². The minimum Gasteiger partial charge on any atom is -0.497 e. The van der Waals surface area contributed by atoms with E-state index in [0.717, 1.165) is 21.1 Å². The normalized spacial score (nSPS) is 10.7. The van der Waals surface area contributed by atoms with Crippen LogP contribution in [-0.2, 0) is 0 Å². The van der Waals surface area contributed by atoms with Crippen molar-refractivity contribution >= 4 is 11.8 Å². The molecule has 0 amide bonds. The summed E-state index contributed by atoms with van der Waals surface area (Å²) in [7, 11) is 3.14. The highest BCUT2D eigenvalue weighted by Crippen LogP contribution is 2.36. The van der Waals surface area contributed by atoms with Crippen molar-refractivity contribution in [3.05, 3.63) is 78.7 Å². The van der Waals surface area contributed by atoms with Crippen molar-refractivity contribution in [1.82, 2.24) is 15.0 Å². The highest BCUT2D eigenvalue weighted by Gasteiger charge is 2.16. The molecule has 146 valence electrons. The summed E-state index contributed by atoms with van der Waals surface area (Å²) in [6, 6.07) is 20.4. The lowest BCUT2D eigenvalue weighted by Gasteiger charge is -2.09. The number of aromatic nitrogens is 3. The summed E-state index contributed by atoms with van der Waals surface area (Å²) in [5, 5.41) is 8.39. The number of benzene rings is 3. The van der Waals surface area contributed by atoms with Crippen molar-refractivity contribution in [1.29, 1.82) is 0 Å². The van der Waals surface area contributed by atoms with Gasteiger partial charge in [-0.15, -0.1) is 5.10 Å². The van der Waals surface area contributed by atoms with Gasteiger partial charge in [0.05, 0.1) is 20.4 Å². The van der Waals surface area contributed by atoms with E-state index < -0.39 is 5.82 Å². The maximum atomic E-state index is 14.4. The Balaban J connectivity index is 1.69. The molecule has 0 radical (unpaired) electrons. The quantitative estimate of drug-likeness (QED) is 0.437. The van der Waals surface area contributed by atoms with Crippen molar-refractivity contribution in [3.8, 4) is 28.4 Å². The first-order valence-electron chi connectivity index (χ1n) is 8.86. The topological polar surface area (TPSA) is 49.2 Å². The first kappa shape index (κ1) is 19.0. The fourth-order valence-electron chi connectivity index (χ4n) is 2.92. The smallest absolute Gasteiger partial charge is 0.152 e. The van der Waals surface area contributed by atoms with Crippen LogP contribution in [0.5, 0.6) is 11.5 Å². The van der Waals surface area contributed by atoms with Crippen LogP contribution in [0.25, 0.3) is 16.9 Å². The summed E-state index contributed by atoms with van der Waals surface area (Å²) < 4.78 is 26.3. The molecule has 5 nitrogen and oxygen atoms in total. The standard InChI is InChI=1S/C22H18FN3O2S/c1-27-15-10-12-16(13-11-15)29-21-9-4-3-6-17(21)19-14-26(25-24-19)22-18(23)7-5-8-20(22)28-2/h3-14H,1-2H3. The third kappa shape index (κ3) is 3.95. The van der Waals surface area contributed by atoms with Gasteiger partial charge in [-0.25, -0.2) is 9.07 Å². The van der Waals surface area contributed by atoms with Gasteiger partial charge in [-0.2, -0.15) is 0 Å². The lowest BCUT2D eigenvalue weighted by atomic mass is 10.2. The molecule has 1 aromatic heterocycles. The third-order valence-electron chi connectivity index (χ3n) is 4.34. The van der Waals surface area contributed by atoms with E-state index in [2.05, 4.69) is 10.3 Å². The second-order valence-corrected chi connectivity index (χ2v) is 7.23. The number of halogens is 1. The Morgan fingerprint density at radius 3 is 2.45 bits per heavy atom. The van der Waals surface area contributed by atoms with Gasteiger partial charge < -0.3 is 9.47 Å². The molecule has 0 saturated carbocycles. The molecule has 3 aromatic carbocycles. The second-order valence-electron chi connectivity index (χ2n) is 6.11. The molecule has 0 atom stereocenters. The SMILES string of the molecule is COc1ccc(Sc2ccccc2-c2cn(-c3c(F)cccc3OC)nn2)cc1. The van der Waals surface area contributed by atoms with E-state index in [-0.39, 0.29) is 5.69 Å². The molecule has 0 N–H and O–H groups in total. The van der Waals surface area contributed by atoms with Crippen molar-refractivity contribution in [2.24, 2.45) is 0 Å². The molecular formula is C22H18FN3O2S. The van der Waals surface area contributed by atoms with Gasteiger partial charge in [0.25, 0.3) is 0 Å². The fourth-order valence-corrected chi connectivity index (χ4v) is 3.87. The highest BCUT2D eigenvalue weighted by molar-refractivity contribution is 7.99. The number of para-hydroxylation sites is 1. The maximum Gasteiger partial charge on any atom is 0.152 e. The van der Waals surface area contributed by atoms with E-state index in [1.54, 1.807) is 37.2 Å². The predicted molar refractivity (Wildman–Crippen MR) is 110 cm³/mol. The summed E-state index contributed by atoms with van der Waals surface area (Å²) in [6.07, 6.45) is 1.70. The van der Waals surface area contributed by atoms with Crippen molar-refractivity contribution in [2.75, 3.05) is 14.2 Å². The van der Waals surface area contributed by atoms with Crippen LogP contribution < -0.4 is 9.47 Å². The minimum atomic E-state index is -0.429. The Kier molecular flexibility index (Phi) is 5.48. The Morgan fingerprint density at radius 1 is 0.897 bits per heavy atom. The molecule has 29 heavy (non-hydrogen) atoms. The lowest BCUT2D eigenvalue weighted by Crippen LogP contribution is -2.01. The first-order valence-corrected chi connectivity index (χ1v) is 9.68. The number of rotatable bonds is 6. The zero-order valence-corrected chi connectivity index (χ0v) is 16.7. The number of hydrogen-bond donors (Lipinski definition) is 0. The van der Waals surface area contributed by atoms with Crippen LogP contribution in [0.2, 0.25) is 0 Å². The van der Waals surface area contributed by atoms with Gasteiger partial charge in [0.2, 0.25) is 0 Å². The van der Waals surface area contributed by atoms with Gasteiger partial charge in [0, 0.05) is 15.4 Å². The Labute approximate surface area is 172 Å². The van der Waals surface area contributed by atoms with E-state index in [9.17, 15) is 4.39 Å². The molecule has 0 fully saturated rings. The van der Waals surface area contributed by atoms with Gasteiger partial charge in [-0.1, -0.05) is 41.2 Å². The molecule has 0 spiro atoms. The molecule has 7 heteroatoms. The number of ether oxygens (including phenoxy) is 2. The molecule has 1 heterocycles. The molecule has 0 aliphatic carbocycles. The molecule has 0 aliphatic heterocycles. The average Bonchev–Trinajstić information content (AvgIpc) is 3.24. The molecule has 4 rings (SSSR count). The van der Waals surface area contributed by atoms with Crippen LogP contribution in [0.4, 0.5) is 4.39 Å². The molecule has 0 unspecified atom stereocenters. The Bertz CT molecular complexity index is 1130. The molecule has 0 saturated heterocycles. The van der Waals surface area contributed by atoms with E-state index in [0.29, 0.717) is 11.4 Å². The molecule has 4 aromatic rings. The van der Waals surface area contributed by atoms with Gasteiger partial charge in [0.15, 0.2) is 5.82 Å². The van der Waals surface area contributed by atoms with Crippen LogP contribution in [0.15, 0.2) is 82.7 Å². The fraction of sp³-hybridized carbons (Fsp3) is 0.0909. The van der Waals surface area contributed by atoms with E-state index >= 15 is 0 Å². The van der Waals surface area contributed by atoms with Crippen LogP contribution >= 0.6 is 11.8 Å². The lowest BCUT2D eigenvalue weighted by molar-refractivity contribution is 0.407. The predicted octanol–water partition coefficient (Wildman–Crippen LogP) is 5.24. The van der Waals surface area contributed by atoms with Crippen LogP contribution in [0.1, 0.15) is 0 Å². The van der Waals surface area contributed by atoms with E-state index in [1.165, 1.54) is 17.9 Å². The van der Waals surface area contributed by atoms with Crippen molar-refractivity contribution in [2.45, 2.75) is 9.79 Å². The van der Waals surface area contributed by atoms with E-state index in [1.807, 2.05) is 48.5 Å². The van der Waals surface area contributed by atoms with Crippen LogP contribution in [0, 0.1) is 5.82 Å². The Hall–Kier alpha value is -3.32. The minimum absolute atomic E-state index is 0.231. The Morgan fingerprint density at radius 2 is 1.69 bits per heavy atom. The third-order valence-corrected chi connectivity index (χ3v) is 5.43. The highest BCUT2D eigenvalue weighted by atomic mass is 32.2. The monoisotopic (exact) mass is 407 g/mol. The zero-order chi connectivity index (χ0) is 20.2. The maximum absolute atomic E-state index is 14.4. The summed E-state index contributed by atoms with van der Waals surface area (Å²) >= 11 is 1.61. The molecule has 0 bridgehead atoms. The average molecular weight is 407 g/mol. The van der Waals surface area contributed by atoms with E-state index in [4.69, 9.17) is 9.47 Å². The second kappa shape index (κ2) is 8.36. The molecular weight excluding hydrogens is 389 g/mol. The first-order chi connectivity index (χ1) is 14.2. The summed E-state index contributed by atoms with van der Waals surface area (Å²) in [5.74, 6) is 0.772.